The first-order valence-electron chi connectivity index (χ1n) is 5.02. The molecule has 8 heteroatoms. The zero-order chi connectivity index (χ0) is 14.7. The highest BCUT2D eigenvalue weighted by molar-refractivity contribution is 5.13. The monoisotopic (exact) mass is 290 g/mol. The maximum atomic E-state index is 12.8. The molecule has 19 heavy (non-hydrogen) atoms. The molecule has 0 bridgehead atoms. The summed E-state index contributed by atoms with van der Waals surface area (Å²) in [5.74, 6) is -11.4. The number of rotatable bonds is 5. The van der Waals surface area contributed by atoms with E-state index >= 15 is 0 Å². The van der Waals surface area contributed by atoms with Crippen molar-refractivity contribution in [2.24, 2.45) is 0 Å². The Hall–Kier alpha value is -1.31. The standard InChI is InChI=1S/C11H9F7O/c12-9(13,10(14,15)11(16,17)18)7-19-6-8-4-2-1-3-5-8/h1-5H,6-7H2. The molecule has 0 aliphatic carbocycles. The van der Waals surface area contributed by atoms with Gasteiger partial charge in [-0.15, -0.1) is 0 Å². The second kappa shape index (κ2) is 5.36. The summed E-state index contributed by atoms with van der Waals surface area (Å²) in [6.07, 6.45) is -6.33. The summed E-state index contributed by atoms with van der Waals surface area (Å²) < 4.78 is 90.2. The first-order valence-corrected chi connectivity index (χ1v) is 5.02. The van der Waals surface area contributed by atoms with Gasteiger partial charge in [-0.05, 0) is 5.56 Å². The van der Waals surface area contributed by atoms with Crippen LogP contribution in [-0.4, -0.2) is 24.6 Å². The van der Waals surface area contributed by atoms with Gasteiger partial charge in [0.05, 0.1) is 6.61 Å². The molecule has 1 nitrogen and oxygen atoms in total. The molecule has 1 aromatic carbocycles. The van der Waals surface area contributed by atoms with Crippen molar-refractivity contribution in [1.29, 1.82) is 0 Å². The molecule has 0 saturated heterocycles. The van der Waals surface area contributed by atoms with Crippen LogP contribution in [0.5, 0.6) is 0 Å². The topological polar surface area (TPSA) is 9.23 Å². The van der Waals surface area contributed by atoms with Crippen molar-refractivity contribution >= 4 is 0 Å². The Bertz CT molecular complexity index is 399. The summed E-state index contributed by atoms with van der Waals surface area (Å²) in [4.78, 5) is 0. The average Bonchev–Trinajstić information content (AvgIpc) is 2.28. The number of hydrogen-bond donors (Lipinski definition) is 0. The highest BCUT2D eigenvalue weighted by atomic mass is 19.4. The van der Waals surface area contributed by atoms with Crippen LogP contribution in [0, 0.1) is 0 Å². The lowest BCUT2D eigenvalue weighted by molar-refractivity contribution is -0.361. The minimum atomic E-state index is -6.33. The Balaban J connectivity index is 2.61. The molecule has 0 aliphatic rings. The summed E-state index contributed by atoms with van der Waals surface area (Å²) in [6, 6.07) is 7.62. The molecule has 0 heterocycles. The fourth-order valence-electron chi connectivity index (χ4n) is 1.17. The second-order valence-corrected chi connectivity index (χ2v) is 3.75. The maximum absolute atomic E-state index is 12.8. The molecule has 1 aromatic rings. The highest BCUT2D eigenvalue weighted by Crippen LogP contribution is 2.46. The zero-order valence-corrected chi connectivity index (χ0v) is 9.35. The summed E-state index contributed by atoms with van der Waals surface area (Å²) >= 11 is 0. The van der Waals surface area contributed by atoms with Crippen molar-refractivity contribution in [3.8, 4) is 0 Å². The van der Waals surface area contributed by atoms with E-state index in [2.05, 4.69) is 4.74 Å². The van der Waals surface area contributed by atoms with Crippen molar-refractivity contribution in [3.63, 3.8) is 0 Å². The quantitative estimate of drug-likeness (QED) is 0.744. The van der Waals surface area contributed by atoms with E-state index in [1.165, 1.54) is 12.1 Å². The third kappa shape index (κ3) is 3.59. The van der Waals surface area contributed by atoms with Crippen LogP contribution >= 0.6 is 0 Å². The number of halogens is 7. The predicted molar refractivity (Wildman–Crippen MR) is 52.0 cm³/mol. The zero-order valence-electron chi connectivity index (χ0n) is 9.35. The lowest BCUT2D eigenvalue weighted by Crippen LogP contribution is -2.54. The van der Waals surface area contributed by atoms with E-state index in [-0.39, 0.29) is 0 Å². The molecular weight excluding hydrogens is 281 g/mol. The third-order valence-electron chi connectivity index (χ3n) is 2.21. The van der Waals surface area contributed by atoms with E-state index in [4.69, 9.17) is 0 Å². The second-order valence-electron chi connectivity index (χ2n) is 3.75. The molecule has 0 aromatic heterocycles. The highest BCUT2D eigenvalue weighted by Gasteiger charge is 2.72. The van der Waals surface area contributed by atoms with E-state index in [1.54, 1.807) is 18.2 Å². The van der Waals surface area contributed by atoms with Crippen molar-refractivity contribution in [1.82, 2.24) is 0 Å². The van der Waals surface area contributed by atoms with Crippen molar-refractivity contribution in [2.75, 3.05) is 6.61 Å². The molecule has 0 fully saturated rings. The Labute approximate surface area is 104 Å². The van der Waals surface area contributed by atoms with Crippen LogP contribution in [0.25, 0.3) is 0 Å². The molecule has 0 amide bonds. The van der Waals surface area contributed by atoms with Gasteiger partial charge in [-0.25, -0.2) is 0 Å². The van der Waals surface area contributed by atoms with Crippen LogP contribution in [0.4, 0.5) is 30.7 Å². The normalized spacial score (nSPS) is 13.6. The Morgan fingerprint density at radius 1 is 0.842 bits per heavy atom. The van der Waals surface area contributed by atoms with Crippen LogP contribution in [0.2, 0.25) is 0 Å². The molecule has 0 aliphatic heterocycles. The number of hydrogen-bond acceptors (Lipinski definition) is 1. The maximum Gasteiger partial charge on any atom is 0.459 e. The van der Waals surface area contributed by atoms with Gasteiger partial charge in [0.2, 0.25) is 0 Å². The fraction of sp³-hybridized carbons (Fsp3) is 0.455. The van der Waals surface area contributed by atoms with Gasteiger partial charge < -0.3 is 4.74 Å². The first-order chi connectivity index (χ1) is 8.58. The smallest absolute Gasteiger partial charge is 0.370 e. The largest absolute Gasteiger partial charge is 0.459 e. The van der Waals surface area contributed by atoms with Gasteiger partial charge in [0, 0.05) is 0 Å². The Morgan fingerprint density at radius 2 is 1.37 bits per heavy atom. The summed E-state index contributed by atoms with van der Waals surface area (Å²) in [5, 5.41) is 0. The van der Waals surface area contributed by atoms with E-state index in [9.17, 15) is 30.7 Å². The first kappa shape index (κ1) is 15.7. The van der Waals surface area contributed by atoms with E-state index in [0.717, 1.165) is 0 Å². The number of alkyl halides is 7. The minimum absolute atomic E-state index is 0.383. The summed E-state index contributed by atoms with van der Waals surface area (Å²) in [7, 11) is 0. The number of benzene rings is 1. The van der Waals surface area contributed by atoms with Crippen LogP contribution in [0.15, 0.2) is 30.3 Å². The predicted octanol–water partition coefficient (Wildman–Crippen LogP) is 4.04. The van der Waals surface area contributed by atoms with Crippen LogP contribution in [0.3, 0.4) is 0 Å². The van der Waals surface area contributed by atoms with Gasteiger partial charge in [-0.2, -0.15) is 30.7 Å². The van der Waals surface area contributed by atoms with Gasteiger partial charge in [-0.3, -0.25) is 0 Å². The van der Waals surface area contributed by atoms with Gasteiger partial charge in [0.1, 0.15) is 6.61 Å². The molecule has 0 saturated carbocycles. The lowest BCUT2D eigenvalue weighted by Gasteiger charge is -2.27. The third-order valence-corrected chi connectivity index (χ3v) is 2.21. The minimum Gasteiger partial charge on any atom is -0.370 e. The van der Waals surface area contributed by atoms with Crippen LogP contribution < -0.4 is 0 Å². The average molecular weight is 290 g/mol. The molecule has 0 spiro atoms. The van der Waals surface area contributed by atoms with Gasteiger partial charge in [0.15, 0.2) is 0 Å². The van der Waals surface area contributed by atoms with Gasteiger partial charge >= 0.3 is 18.0 Å². The summed E-state index contributed by atoms with van der Waals surface area (Å²) in [6.45, 7) is -2.50. The SMILES string of the molecule is FC(F)(F)C(F)(F)C(F)(F)COCc1ccccc1. The molecule has 0 atom stereocenters. The van der Waals surface area contributed by atoms with Crippen molar-refractivity contribution in [3.05, 3.63) is 35.9 Å². The molecule has 0 unspecified atom stereocenters. The number of ether oxygens (including phenoxy) is 1. The molecule has 0 radical (unpaired) electrons. The fourth-order valence-corrected chi connectivity index (χ4v) is 1.17. The van der Waals surface area contributed by atoms with Gasteiger partial charge in [-0.1, -0.05) is 30.3 Å². The van der Waals surface area contributed by atoms with E-state index < -0.39 is 31.2 Å². The molecule has 1 rings (SSSR count). The van der Waals surface area contributed by atoms with E-state index in [0.29, 0.717) is 5.56 Å². The Morgan fingerprint density at radius 3 is 1.84 bits per heavy atom. The van der Waals surface area contributed by atoms with E-state index in [1.807, 2.05) is 0 Å². The molecular formula is C11H9F7O. The van der Waals surface area contributed by atoms with Crippen LogP contribution in [0.1, 0.15) is 5.56 Å². The lowest BCUT2D eigenvalue weighted by atomic mass is 10.2. The molecule has 0 N–H and O–H groups in total. The molecule has 108 valence electrons. The summed E-state index contributed by atoms with van der Waals surface area (Å²) in [5.41, 5.74) is 0.383. The van der Waals surface area contributed by atoms with Crippen LogP contribution in [-0.2, 0) is 11.3 Å². The Kier molecular flexibility index (Phi) is 4.44. The van der Waals surface area contributed by atoms with Crippen molar-refractivity contribution in [2.45, 2.75) is 24.6 Å². The van der Waals surface area contributed by atoms with Gasteiger partial charge in [0.25, 0.3) is 0 Å². The van der Waals surface area contributed by atoms with Crippen molar-refractivity contribution < 1.29 is 35.5 Å².